The number of fused-ring (bicyclic) bond motifs is 12. The predicted molar refractivity (Wildman–Crippen MR) is 285 cm³/mol. The van der Waals surface area contributed by atoms with Gasteiger partial charge < -0.3 is 4.57 Å². The second kappa shape index (κ2) is 15.2. The average Bonchev–Trinajstić information content (AvgIpc) is 3.93. The Morgan fingerprint density at radius 1 is 0.221 bits per heavy atom. The van der Waals surface area contributed by atoms with Crippen LogP contribution >= 0.6 is 0 Å². The summed E-state index contributed by atoms with van der Waals surface area (Å²) < 4.78 is 4.65. The third kappa shape index (κ3) is 6.01. The quantitative estimate of drug-likeness (QED) is 0.156. The lowest BCUT2D eigenvalue weighted by molar-refractivity contribution is 0.995. The zero-order valence-electron chi connectivity index (χ0n) is 36.9. The van der Waals surface area contributed by atoms with E-state index < -0.39 is 0 Å². The van der Waals surface area contributed by atoms with Crippen LogP contribution in [0.3, 0.4) is 0 Å². The van der Waals surface area contributed by atoms with Crippen LogP contribution in [0.1, 0.15) is 0 Å². The van der Waals surface area contributed by atoms with Crippen molar-refractivity contribution in [3.05, 3.63) is 243 Å². The van der Waals surface area contributed by atoms with Crippen LogP contribution in [0.5, 0.6) is 0 Å². The van der Waals surface area contributed by atoms with E-state index in [-0.39, 0.29) is 0 Å². The monoisotopic (exact) mass is 864 g/mol. The highest BCUT2D eigenvalue weighted by Crippen LogP contribution is 2.41. The molecule has 11 aromatic carbocycles. The maximum Gasteiger partial charge on any atom is 0.235 e. The lowest BCUT2D eigenvalue weighted by atomic mass is 9.92. The van der Waals surface area contributed by atoms with E-state index in [1.807, 2.05) is 12.1 Å². The van der Waals surface area contributed by atoms with Crippen LogP contribution in [0.4, 0.5) is 0 Å². The molecule has 0 aliphatic heterocycles. The average molecular weight is 865 g/mol. The van der Waals surface area contributed by atoms with Crippen molar-refractivity contribution in [3.63, 3.8) is 0 Å². The molecule has 0 aliphatic rings. The van der Waals surface area contributed by atoms with E-state index in [1.54, 1.807) is 0 Å². The van der Waals surface area contributed by atoms with Gasteiger partial charge in [0.2, 0.25) is 5.95 Å². The predicted octanol–water partition coefficient (Wildman–Crippen LogP) is 16.8. The van der Waals surface area contributed by atoms with Crippen molar-refractivity contribution >= 4 is 75.9 Å². The molecule has 14 rings (SSSR count). The van der Waals surface area contributed by atoms with Crippen molar-refractivity contribution in [3.8, 4) is 56.4 Å². The van der Waals surface area contributed by atoms with E-state index in [4.69, 9.17) is 9.97 Å². The van der Waals surface area contributed by atoms with E-state index in [9.17, 15) is 0 Å². The Morgan fingerprint density at radius 3 is 1.16 bits per heavy atom. The molecule has 0 spiro atoms. The van der Waals surface area contributed by atoms with Gasteiger partial charge in [0.15, 0.2) is 0 Å². The first-order chi connectivity index (χ1) is 33.7. The third-order valence-electron chi connectivity index (χ3n) is 13.9. The Hall–Kier alpha value is -9.12. The van der Waals surface area contributed by atoms with Gasteiger partial charge in [0.05, 0.1) is 33.5 Å². The van der Waals surface area contributed by atoms with E-state index in [2.05, 4.69) is 240 Å². The molecule has 0 bridgehead atoms. The molecule has 3 aromatic heterocycles. The number of para-hydroxylation sites is 2. The number of aromatic nitrogens is 4. The summed E-state index contributed by atoms with van der Waals surface area (Å²) in [5.41, 5.74) is 14.2. The lowest BCUT2D eigenvalue weighted by Gasteiger charge is -2.13. The molecule has 0 radical (unpaired) electrons. The van der Waals surface area contributed by atoms with Gasteiger partial charge in [0.1, 0.15) is 0 Å². The first kappa shape index (κ1) is 38.2. The fourth-order valence-corrected chi connectivity index (χ4v) is 10.8. The molecule has 0 N–H and O–H groups in total. The highest BCUT2D eigenvalue weighted by Gasteiger charge is 2.19. The van der Waals surface area contributed by atoms with Gasteiger partial charge in [-0.15, -0.1) is 0 Å². The molecule has 0 saturated carbocycles. The summed E-state index contributed by atoms with van der Waals surface area (Å²) in [6.45, 7) is 0. The van der Waals surface area contributed by atoms with Gasteiger partial charge in [-0.1, -0.05) is 182 Å². The highest BCUT2D eigenvalue weighted by molar-refractivity contribution is 6.26. The topological polar surface area (TPSA) is 35.6 Å². The Bertz CT molecular complexity index is 4220. The van der Waals surface area contributed by atoms with Crippen molar-refractivity contribution in [2.45, 2.75) is 0 Å². The largest absolute Gasteiger partial charge is 0.309 e. The van der Waals surface area contributed by atoms with E-state index in [1.165, 1.54) is 65.3 Å². The van der Waals surface area contributed by atoms with Gasteiger partial charge in [0, 0.05) is 38.4 Å². The summed E-state index contributed by atoms with van der Waals surface area (Å²) in [5.74, 6) is 0.644. The molecule has 0 atom stereocenters. The minimum atomic E-state index is 0.644. The number of nitrogens with zero attached hydrogens (tertiary/aromatic N) is 4. The van der Waals surface area contributed by atoms with Gasteiger partial charge in [-0.3, -0.25) is 4.57 Å². The maximum absolute atomic E-state index is 5.25. The highest BCUT2D eigenvalue weighted by atomic mass is 15.2. The molecule has 3 heterocycles. The molecular weight excluding hydrogens is 825 g/mol. The smallest absolute Gasteiger partial charge is 0.235 e. The van der Waals surface area contributed by atoms with Crippen LogP contribution in [0.25, 0.3) is 132 Å². The van der Waals surface area contributed by atoms with Crippen molar-refractivity contribution in [1.29, 1.82) is 0 Å². The summed E-state index contributed by atoms with van der Waals surface area (Å²) >= 11 is 0. The van der Waals surface area contributed by atoms with Gasteiger partial charge in [-0.25, -0.2) is 9.97 Å². The Balaban J connectivity index is 0.891. The van der Waals surface area contributed by atoms with E-state index in [0.717, 1.165) is 61.1 Å². The maximum atomic E-state index is 5.25. The van der Waals surface area contributed by atoms with Crippen LogP contribution < -0.4 is 0 Å². The molecule has 0 aliphatic carbocycles. The summed E-state index contributed by atoms with van der Waals surface area (Å²) in [6.07, 6.45) is 0. The minimum Gasteiger partial charge on any atom is -0.309 e. The minimum absolute atomic E-state index is 0.644. The van der Waals surface area contributed by atoms with Crippen molar-refractivity contribution in [2.24, 2.45) is 0 Å². The zero-order valence-corrected chi connectivity index (χ0v) is 36.9. The number of rotatable bonds is 6. The molecule has 68 heavy (non-hydrogen) atoms. The first-order valence-electron chi connectivity index (χ1n) is 23.2. The standard InChI is InChI=1S/C64H40N4/c1-3-16-41(17-4-1)58-40-59(42-18-5-2-6-19-42)66-64(65-58)68-61-29-14-12-27-54(61)57-39-46(32-35-63(57)68)45-31-34-62-56(38-45)53-26-11-13-28-60(53)67(62)47-21-15-20-43(36-47)44-30-33-52-50-24-8-7-22-48(50)49-23-9-10-25-51(49)55(52)37-44/h1-40H. The van der Waals surface area contributed by atoms with Crippen LogP contribution in [-0.2, 0) is 0 Å². The summed E-state index contributed by atoms with van der Waals surface area (Å²) in [7, 11) is 0. The van der Waals surface area contributed by atoms with Crippen LogP contribution in [-0.4, -0.2) is 19.1 Å². The van der Waals surface area contributed by atoms with Crippen molar-refractivity contribution < 1.29 is 0 Å². The fourth-order valence-electron chi connectivity index (χ4n) is 10.8. The van der Waals surface area contributed by atoms with Crippen molar-refractivity contribution in [1.82, 2.24) is 19.1 Å². The SMILES string of the molecule is c1ccc(-c2cc(-c3ccccc3)nc(-n3c4ccccc4c4cc(-c5ccc6c(c5)c5ccccc5n6-c5cccc(-c6ccc7c8ccccc8c8ccccc8c7c6)c5)ccc43)n2)cc1. The molecule has 4 nitrogen and oxygen atoms in total. The van der Waals surface area contributed by atoms with Crippen molar-refractivity contribution in [2.75, 3.05) is 0 Å². The first-order valence-corrected chi connectivity index (χ1v) is 23.2. The molecule has 0 fully saturated rings. The number of hydrogen-bond acceptors (Lipinski definition) is 2. The number of benzene rings is 11. The van der Waals surface area contributed by atoms with E-state index in [0.29, 0.717) is 5.95 Å². The van der Waals surface area contributed by atoms with Gasteiger partial charge >= 0.3 is 0 Å². The molecular formula is C64H40N4. The molecule has 0 amide bonds. The van der Waals surface area contributed by atoms with Crippen LogP contribution in [0.15, 0.2) is 243 Å². The zero-order chi connectivity index (χ0) is 44.7. The van der Waals surface area contributed by atoms with Crippen LogP contribution in [0, 0.1) is 0 Å². The molecule has 316 valence electrons. The summed E-state index contributed by atoms with van der Waals surface area (Å²) in [4.78, 5) is 10.5. The van der Waals surface area contributed by atoms with Gasteiger partial charge in [0.25, 0.3) is 0 Å². The molecule has 4 heteroatoms. The Kier molecular flexibility index (Phi) is 8.55. The van der Waals surface area contributed by atoms with E-state index >= 15 is 0 Å². The Labute approximate surface area is 392 Å². The lowest BCUT2D eigenvalue weighted by Crippen LogP contribution is -2.03. The Morgan fingerprint density at radius 2 is 0.603 bits per heavy atom. The normalized spacial score (nSPS) is 11.8. The van der Waals surface area contributed by atoms with Crippen LogP contribution in [0.2, 0.25) is 0 Å². The van der Waals surface area contributed by atoms with Gasteiger partial charge in [-0.05, 0) is 115 Å². The summed E-state index contributed by atoms with van der Waals surface area (Å²) in [6, 6.07) is 87.6. The fraction of sp³-hybridized carbons (Fsp3) is 0. The molecule has 14 aromatic rings. The number of hydrogen-bond donors (Lipinski definition) is 0. The second-order valence-electron chi connectivity index (χ2n) is 17.7. The second-order valence-corrected chi connectivity index (χ2v) is 17.7. The molecule has 0 saturated heterocycles. The summed E-state index contributed by atoms with van der Waals surface area (Å²) in [5, 5.41) is 12.5. The van der Waals surface area contributed by atoms with Gasteiger partial charge in [-0.2, -0.15) is 0 Å². The third-order valence-corrected chi connectivity index (χ3v) is 13.9. The molecule has 0 unspecified atom stereocenters.